The van der Waals surface area contributed by atoms with E-state index in [0.717, 1.165) is 12.1 Å². The zero-order chi connectivity index (χ0) is 19.6. The number of amides is 1. The summed E-state index contributed by atoms with van der Waals surface area (Å²) < 4.78 is 62.0. The Kier molecular flexibility index (Phi) is 5.50. The van der Waals surface area contributed by atoms with Crippen LogP contribution >= 0.6 is 15.9 Å². The van der Waals surface area contributed by atoms with Crippen LogP contribution in [0.5, 0.6) is 0 Å². The molecule has 1 N–H and O–H groups in total. The highest BCUT2D eigenvalue weighted by atomic mass is 79.9. The second-order valence-electron chi connectivity index (χ2n) is 5.77. The van der Waals surface area contributed by atoms with E-state index >= 15 is 0 Å². The van der Waals surface area contributed by atoms with Crippen molar-refractivity contribution in [1.82, 2.24) is 5.32 Å². The van der Waals surface area contributed by atoms with E-state index in [-0.39, 0.29) is 10.0 Å². The predicted molar refractivity (Wildman–Crippen MR) is 94.0 cm³/mol. The maximum atomic E-state index is 14.6. The molecular weight excluding hydrogens is 432 g/mol. The Hall–Kier alpha value is -2.42. The molecule has 142 valence electrons. The number of alkyl halides is 3. The van der Waals surface area contributed by atoms with Gasteiger partial charge in [0.05, 0.1) is 0 Å². The lowest BCUT2D eigenvalue weighted by Crippen LogP contribution is -2.52. The van der Waals surface area contributed by atoms with Crippen LogP contribution in [0.1, 0.15) is 15.9 Å². The average Bonchev–Trinajstić information content (AvgIpc) is 2.66. The molecule has 3 rings (SSSR count). The van der Waals surface area contributed by atoms with Gasteiger partial charge in [0.25, 0.3) is 18.4 Å². The van der Waals surface area contributed by atoms with Crippen molar-refractivity contribution in [3.8, 4) is 0 Å². The molecule has 4 nitrogen and oxygen atoms in total. The van der Waals surface area contributed by atoms with Crippen LogP contribution in [0.15, 0.2) is 58.0 Å². The molecule has 1 aliphatic rings. The highest BCUT2D eigenvalue weighted by Gasteiger charge is 2.54. The summed E-state index contributed by atoms with van der Waals surface area (Å²) in [5, 5.41) is 2.22. The highest BCUT2D eigenvalue weighted by Crippen LogP contribution is 2.42. The molecule has 1 amide bonds. The summed E-state index contributed by atoms with van der Waals surface area (Å²) in [4.78, 5) is 15.8. The Balaban J connectivity index is 2.03. The molecule has 0 unspecified atom stereocenters. The van der Waals surface area contributed by atoms with Crippen LogP contribution in [0.3, 0.4) is 0 Å². The van der Waals surface area contributed by atoms with Gasteiger partial charge in [0, 0.05) is 15.6 Å². The third-order valence-electron chi connectivity index (χ3n) is 4.08. The van der Waals surface area contributed by atoms with Gasteiger partial charge in [-0.2, -0.15) is 0 Å². The zero-order valence-electron chi connectivity index (χ0n) is 13.6. The minimum atomic E-state index is -3.39. The van der Waals surface area contributed by atoms with Crippen molar-refractivity contribution in [1.29, 1.82) is 0 Å². The fourth-order valence-electron chi connectivity index (χ4n) is 2.71. The molecule has 9 heteroatoms. The van der Waals surface area contributed by atoms with Gasteiger partial charge in [-0.25, -0.2) is 22.6 Å². The van der Waals surface area contributed by atoms with E-state index in [1.807, 2.05) is 0 Å². The monoisotopic (exact) mass is 444 g/mol. The molecule has 2 aromatic rings. The van der Waals surface area contributed by atoms with Crippen molar-refractivity contribution in [2.75, 3.05) is 6.61 Å². The molecule has 2 aromatic carbocycles. The van der Waals surface area contributed by atoms with Crippen molar-refractivity contribution in [3.05, 3.63) is 69.9 Å². The Morgan fingerprint density at radius 2 is 1.96 bits per heavy atom. The Bertz CT molecular complexity index is 879. The zero-order valence-corrected chi connectivity index (χ0v) is 15.2. The summed E-state index contributed by atoms with van der Waals surface area (Å²) >= 11 is 3.06. The predicted octanol–water partition coefficient (Wildman–Crippen LogP) is 4.20. The van der Waals surface area contributed by atoms with E-state index in [4.69, 9.17) is 4.74 Å². The minimum absolute atomic E-state index is 0.224. The molecule has 0 aliphatic carbocycles. The number of aliphatic imine (C=N–C) groups is 1. The average molecular weight is 445 g/mol. The normalized spacial score (nSPS) is 22.1. The summed E-state index contributed by atoms with van der Waals surface area (Å²) in [6.07, 6.45) is -5.71. The number of nitrogens with one attached hydrogen (secondary N) is 1. The van der Waals surface area contributed by atoms with Crippen LogP contribution in [0.2, 0.25) is 0 Å². The lowest BCUT2D eigenvalue weighted by Gasteiger charge is -2.36. The van der Waals surface area contributed by atoms with Crippen LogP contribution in [-0.2, 0) is 10.3 Å². The summed E-state index contributed by atoms with van der Waals surface area (Å²) in [7, 11) is 0. The number of halogens is 5. The number of nitrogens with zero attached hydrogens (tertiary/aromatic N) is 1. The van der Waals surface area contributed by atoms with Crippen LogP contribution in [0, 0.1) is 5.82 Å². The van der Waals surface area contributed by atoms with Crippen LogP contribution in [-0.4, -0.2) is 31.1 Å². The standard InChI is InChI=1S/C18H13BrF4N2O2/c19-11-6-7-13(20)12(8-11)18(16(22)23)14(21)9-27-17(25-18)24-15(26)10-4-2-1-3-5-10/h1-8,14,16H,9H2,(H,24,25,26)/t14-,18-/m1/s1. The van der Waals surface area contributed by atoms with E-state index in [1.54, 1.807) is 18.2 Å². The van der Waals surface area contributed by atoms with Gasteiger partial charge in [0.15, 0.2) is 11.7 Å². The van der Waals surface area contributed by atoms with Gasteiger partial charge < -0.3 is 4.74 Å². The lowest BCUT2D eigenvalue weighted by molar-refractivity contribution is -0.0312. The Morgan fingerprint density at radius 1 is 1.26 bits per heavy atom. The highest BCUT2D eigenvalue weighted by molar-refractivity contribution is 9.10. The first kappa shape index (κ1) is 19.3. The first-order valence-electron chi connectivity index (χ1n) is 7.81. The van der Waals surface area contributed by atoms with Crippen molar-refractivity contribution in [2.45, 2.75) is 18.1 Å². The number of benzene rings is 2. The maximum Gasteiger partial charge on any atom is 0.293 e. The van der Waals surface area contributed by atoms with Gasteiger partial charge in [-0.1, -0.05) is 34.1 Å². The number of ether oxygens (including phenoxy) is 1. The first-order chi connectivity index (χ1) is 12.8. The molecule has 1 heterocycles. The second-order valence-corrected chi connectivity index (χ2v) is 6.68. The quantitative estimate of drug-likeness (QED) is 0.721. The molecule has 1 aliphatic heterocycles. The van der Waals surface area contributed by atoms with Gasteiger partial charge in [0.1, 0.15) is 12.4 Å². The Morgan fingerprint density at radius 3 is 2.63 bits per heavy atom. The number of carbonyl (C=O) groups excluding carboxylic acids is 1. The molecule has 0 aromatic heterocycles. The SMILES string of the molecule is O=C(NC1=N[C@@](c2cc(Br)ccc2F)(C(F)F)[C@H](F)CO1)c1ccccc1. The van der Waals surface area contributed by atoms with Gasteiger partial charge in [0.2, 0.25) is 0 Å². The molecule has 0 saturated heterocycles. The summed E-state index contributed by atoms with van der Waals surface area (Å²) in [6, 6.07) is 10.6. The molecule has 0 saturated carbocycles. The van der Waals surface area contributed by atoms with E-state index in [1.165, 1.54) is 18.2 Å². The minimum Gasteiger partial charge on any atom is -0.462 e. The number of hydrogen-bond acceptors (Lipinski definition) is 3. The second kappa shape index (κ2) is 7.67. The topological polar surface area (TPSA) is 50.7 Å². The molecular formula is C18H13BrF4N2O2. The Labute approximate surface area is 160 Å². The maximum absolute atomic E-state index is 14.6. The van der Waals surface area contributed by atoms with Gasteiger partial charge in [-0.3, -0.25) is 10.1 Å². The molecule has 0 spiro atoms. The van der Waals surface area contributed by atoms with Crippen molar-refractivity contribution < 1.29 is 27.1 Å². The molecule has 0 bridgehead atoms. The summed E-state index contributed by atoms with van der Waals surface area (Å²) in [5.41, 5.74) is -3.25. The van der Waals surface area contributed by atoms with E-state index in [9.17, 15) is 22.4 Å². The van der Waals surface area contributed by atoms with E-state index < -0.39 is 48.1 Å². The van der Waals surface area contributed by atoms with Gasteiger partial charge in [-0.05, 0) is 30.3 Å². The number of rotatable bonds is 3. The first-order valence-corrected chi connectivity index (χ1v) is 8.60. The van der Waals surface area contributed by atoms with Crippen molar-refractivity contribution >= 4 is 27.9 Å². The van der Waals surface area contributed by atoms with Crippen LogP contribution < -0.4 is 5.32 Å². The van der Waals surface area contributed by atoms with Gasteiger partial charge in [-0.15, -0.1) is 0 Å². The molecule has 0 radical (unpaired) electrons. The van der Waals surface area contributed by atoms with Gasteiger partial charge >= 0.3 is 0 Å². The molecule has 2 atom stereocenters. The fourth-order valence-corrected chi connectivity index (χ4v) is 3.07. The number of hydrogen-bond donors (Lipinski definition) is 1. The lowest BCUT2D eigenvalue weighted by atomic mass is 9.85. The summed E-state index contributed by atoms with van der Waals surface area (Å²) in [5.74, 6) is -1.72. The van der Waals surface area contributed by atoms with Crippen molar-refractivity contribution in [2.24, 2.45) is 4.99 Å². The third kappa shape index (κ3) is 3.69. The number of carbonyl (C=O) groups is 1. The molecule has 27 heavy (non-hydrogen) atoms. The third-order valence-corrected chi connectivity index (χ3v) is 4.57. The largest absolute Gasteiger partial charge is 0.462 e. The van der Waals surface area contributed by atoms with Crippen molar-refractivity contribution in [3.63, 3.8) is 0 Å². The number of amidine groups is 1. The fraction of sp³-hybridized carbons (Fsp3) is 0.222. The smallest absolute Gasteiger partial charge is 0.293 e. The summed E-state index contributed by atoms with van der Waals surface area (Å²) in [6.45, 7) is -0.815. The molecule has 0 fully saturated rings. The van der Waals surface area contributed by atoms with E-state index in [0.29, 0.717) is 0 Å². The van der Waals surface area contributed by atoms with Crippen LogP contribution in [0.4, 0.5) is 17.6 Å². The van der Waals surface area contributed by atoms with Crippen LogP contribution in [0.25, 0.3) is 0 Å². The van der Waals surface area contributed by atoms with E-state index in [2.05, 4.69) is 26.2 Å².